The van der Waals surface area contributed by atoms with Crippen molar-refractivity contribution in [3.8, 4) is 0 Å². The number of halogens is 2. The molecule has 0 saturated carbocycles. The number of primary amides is 1. The van der Waals surface area contributed by atoms with Crippen molar-refractivity contribution in [2.75, 3.05) is 58.6 Å². The van der Waals surface area contributed by atoms with Crippen LogP contribution in [0, 0.1) is 41.4 Å². The molecular formula is C69H106Cl2N12O13. The van der Waals surface area contributed by atoms with Gasteiger partial charge in [-0.25, -0.2) is 9.59 Å². The molecule has 25 nitrogen and oxygen atoms in total. The average Bonchev–Trinajstić information content (AvgIpc) is 1.61. The number of aliphatic hydroxyl groups is 1. The van der Waals surface area contributed by atoms with Gasteiger partial charge in [0.2, 0.25) is 46.1 Å². The Morgan fingerprint density at radius 1 is 0.740 bits per heavy atom. The second-order valence-corrected chi connectivity index (χ2v) is 27.0. The molecule has 1 aliphatic heterocycles. The van der Waals surface area contributed by atoms with E-state index in [2.05, 4.69) is 41.5 Å². The first-order chi connectivity index (χ1) is 45.4. The number of carbonyl (C=O) groups is 9. The van der Waals surface area contributed by atoms with Crippen LogP contribution >= 0.6 is 23.2 Å². The van der Waals surface area contributed by atoms with Crippen molar-refractivity contribution in [2.45, 2.75) is 201 Å². The number of likely N-dealkylation sites (tertiary alicyclic amines) is 1. The van der Waals surface area contributed by atoms with Crippen LogP contribution in [0.5, 0.6) is 0 Å². The van der Waals surface area contributed by atoms with Gasteiger partial charge >= 0.3 is 12.1 Å². The van der Waals surface area contributed by atoms with Crippen LogP contribution < -0.4 is 32.3 Å². The van der Waals surface area contributed by atoms with E-state index in [9.17, 15) is 48.3 Å². The molecule has 12 atom stereocenters. The van der Waals surface area contributed by atoms with E-state index in [1.54, 1.807) is 67.1 Å². The summed E-state index contributed by atoms with van der Waals surface area (Å²) in [6.45, 7) is 19.4. The molecule has 27 heteroatoms. The van der Waals surface area contributed by atoms with Crippen molar-refractivity contribution >= 4 is 88.1 Å². The molecule has 3 aromatic rings. The van der Waals surface area contributed by atoms with Gasteiger partial charge in [-0.15, -0.1) is 0 Å². The van der Waals surface area contributed by atoms with Gasteiger partial charge < -0.3 is 66.3 Å². The number of benzene rings is 2. The number of nitrogens with two attached hydrogens (primary N) is 1. The number of ketones is 2. The van der Waals surface area contributed by atoms with Crippen molar-refractivity contribution in [1.29, 1.82) is 0 Å². The minimum absolute atomic E-state index is 0.0357. The van der Waals surface area contributed by atoms with E-state index in [0.29, 0.717) is 74.8 Å². The third-order valence-electron chi connectivity index (χ3n) is 18.2. The molecule has 0 radical (unpaired) electrons. The molecule has 1 aromatic heterocycles. The summed E-state index contributed by atoms with van der Waals surface area (Å²) in [4.78, 5) is 140. The second-order valence-electron chi connectivity index (χ2n) is 26.3. The SMILES string of the molecule is CC[C@H](C)[C@@H]([C@@H](CC(=O)N1CCC[C@H]1[C@H](OC)[C@@H](C)C(=O)N[C@H](C)[C@@H](O)c1ccccc1)OC)N(C)C(=O)[C@@H](CC(=O)[C@H](C(C)C)N(C)C(=O)OCc1ccc(NC(=O)[C@H](CCCNC(N)=O)CC(=O)[C@@H](NC(=O)CCCCCNc2nc(Cl)nc(Cl)n2)C(C)C)cc1)C(C)C. The third-order valence-corrected chi connectivity index (χ3v) is 18.5. The maximum Gasteiger partial charge on any atom is 0.410 e. The summed E-state index contributed by atoms with van der Waals surface area (Å²) in [5.74, 6) is -5.46. The van der Waals surface area contributed by atoms with E-state index < -0.39 is 84.3 Å². The molecule has 1 saturated heterocycles. The highest BCUT2D eigenvalue weighted by atomic mass is 35.5. The lowest BCUT2D eigenvalue weighted by Crippen LogP contribution is -2.55. The van der Waals surface area contributed by atoms with Gasteiger partial charge in [0.15, 0.2) is 11.6 Å². The Hall–Kier alpha value is -7.06. The Morgan fingerprint density at radius 2 is 1.40 bits per heavy atom. The quantitative estimate of drug-likeness (QED) is 0.0261. The van der Waals surface area contributed by atoms with E-state index in [1.807, 2.05) is 73.6 Å². The zero-order chi connectivity index (χ0) is 71.5. The molecule has 534 valence electrons. The fraction of sp³-hybridized carbons (Fsp3) is 0.652. The normalized spacial score (nSPS) is 16.6. The highest BCUT2D eigenvalue weighted by Gasteiger charge is 2.44. The molecular weight excluding hydrogens is 1280 g/mol. The summed E-state index contributed by atoms with van der Waals surface area (Å²) < 4.78 is 17.8. The fourth-order valence-electron chi connectivity index (χ4n) is 12.5. The van der Waals surface area contributed by atoms with Gasteiger partial charge in [0.05, 0.1) is 60.9 Å². The summed E-state index contributed by atoms with van der Waals surface area (Å²) >= 11 is 11.7. The van der Waals surface area contributed by atoms with Crippen molar-refractivity contribution in [2.24, 2.45) is 47.2 Å². The van der Waals surface area contributed by atoms with Crippen molar-refractivity contribution in [3.05, 3.63) is 76.3 Å². The van der Waals surface area contributed by atoms with Crippen LogP contribution in [0.25, 0.3) is 0 Å². The Kier molecular flexibility index (Phi) is 34.4. The molecule has 1 aliphatic rings. The largest absolute Gasteiger partial charge is 0.445 e. The molecule has 96 heavy (non-hydrogen) atoms. The fourth-order valence-corrected chi connectivity index (χ4v) is 12.9. The average molecular weight is 1380 g/mol. The lowest BCUT2D eigenvalue weighted by molar-refractivity contribution is -0.149. The number of anilines is 2. The van der Waals surface area contributed by atoms with Crippen LogP contribution in [0.1, 0.15) is 164 Å². The molecule has 0 spiro atoms. The van der Waals surface area contributed by atoms with Crippen LogP contribution in [0.4, 0.5) is 21.2 Å². The van der Waals surface area contributed by atoms with Crippen LogP contribution in [-0.2, 0) is 54.4 Å². The maximum absolute atomic E-state index is 14.9. The van der Waals surface area contributed by atoms with Crippen LogP contribution in [-0.4, -0.2) is 178 Å². The number of hydrogen-bond donors (Lipinski definition) is 7. The standard InChI is InChI=1S/C69H106Cl2N12O13/c1-15-43(8)59(54(94-13)38-56(87)83-35-23-27-51(83)61(95-14)44(9)62(89)75-45(10)60(88)47-24-18-16-19-25-47)81(11)64(91)50(40(2)3)37-53(85)58(42(6)7)82(12)69(93)96-39-46-29-31-49(32-30-46)76-63(90)48(26-22-34-73-67(72)92)36-52(84)57(41(4)5)77-55(86)28-20-17-21-33-74-68-79-65(70)78-66(71)80-68/h16,18-19,24-25,29-32,40-45,48,50-51,54,57-61,88H,15,17,20-23,26-28,33-39H2,1-14H3,(H,75,89)(H,76,90)(H,77,86)(H3,72,73,92)(H,74,78,79,80)/t43-,44+,45+,48+,50-,51-,54+,57-,58-,59-,60+,61+/m0/s1. The zero-order valence-corrected chi connectivity index (χ0v) is 60.0. The number of Topliss-reactive ketones (excluding diaryl/α,β-unsaturated/α-hetero) is 2. The van der Waals surface area contributed by atoms with Gasteiger partial charge in [-0.05, 0) is 116 Å². The third kappa shape index (κ3) is 25.1. The van der Waals surface area contributed by atoms with Crippen molar-refractivity contribution in [1.82, 2.24) is 45.6 Å². The number of rotatable bonds is 41. The van der Waals surface area contributed by atoms with Crippen molar-refractivity contribution < 1.29 is 62.5 Å². The highest BCUT2D eigenvalue weighted by Crippen LogP contribution is 2.32. The lowest BCUT2D eigenvalue weighted by Gasteiger charge is -2.41. The molecule has 4 rings (SSSR count). The number of carbonyl (C=O) groups excluding carboxylic acids is 9. The number of ether oxygens (including phenoxy) is 3. The number of aromatic nitrogens is 3. The Morgan fingerprint density at radius 3 is 1.98 bits per heavy atom. The zero-order valence-electron chi connectivity index (χ0n) is 58.5. The number of methoxy groups -OCH3 is 2. The molecule has 1 fully saturated rings. The minimum atomic E-state index is -0.966. The molecule has 8 N–H and O–H groups in total. The molecule has 2 aromatic carbocycles. The van der Waals surface area contributed by atoms with Crippen LogP contribution in [0.15, 0.2) is 54.6 Å². The first-order valence-electron chi connectivity index (χ1n) is 33.6. The monoisotopic (exact) mass is 1380 g/mol. The predicted octanol–water partition coefficient (Wildman–Crippen LogP) is 8.94. The Balaban J connectivity index is 1.37. The van der Waals surface area contributed by atoms with Crippen LogP contribution in [0.3, 0.4) is 0 Å². The molecule has 0 bridgehead atoms. The van der Waals surface area contributed by atoms with E-state index in [4.69, 9.17) is 43.1 Å². The Labute approximate surface area is 576 Å². The summed E-state index contributed by atoms with van der Waals surface area (Å²) in [6.07, 6.45) is 1.02. The number of urea groups is 1. The van der Waals surface area contributed by atoms with E-state index in [-0.39, 0.29) is 121 Å². The van der Waals surface area contributed by atoms with Crippen LogP contribution in [0.2, 0.25) is 10.6 Å². The number of nitrogens with zero attached hydrogens (tertiary/aromatic N) is 6. The number of nitrogens with one attached hydrogen (secondary N) is 5. The minimum Gasteiger partial charge on any atom is -0.445 e. The van der Waals surface area contributed by atoms with Gasteiger partial charge in [-0.3, -0.25) is 33.6 Å². The van der Waals surface area contributed by atoms with Gasteiger partial charge in [0.1, 0.15) is 6.61 Å². The number of aliphatic hydroxyl groups excluding tert-OH is 1. The smallest absolute Gasteiger partial charge is 0.410 e. The van der Waals surface area contributed by atoms with E-state index in [1.165, 1.54) is 26.2 Å². The highest BCUT2D eigenvalue weighted by molar-refractivity contribution is 6.31. The number of hydrogen-bond acceptors (Lipinski definition) is 17. The molecule has 2 heterocycles. The lowest BCUT2D eigenvalue weighted by atomic mass is 9.83. The van der Waals surface area contributed by atoms with Gasteiger partial charge in [0, 0.05) is 84.7 Å². The van der Waals surface area contributed by atoms with Crippen molar-refractivity contribution in [3.63, 3.8) is 0 Å². The van der Waals surface area contributed by atoms with E-state index >= 15 is 0 Å². The summed E-state index contributed by atoms with van der Waals surface area (Å²) in [6, 6.07) is 11.5. The van der Waals surface area contributed by atoms with Gasteiger partial charge in [-0.1, -0.05) is 118 Å². The molecule has 0 aliphatic carbocycles. The van der Waals surface area contributed by atoms with Gasteiger partial charge in [-0.2, -0.15) is 15.0 Å². The first kappa shape index (κ1) is 81.4. The maximum atomic E-state index is 14.9. The first-order valence-corrected chi connectivity index (χ1v) is 34.3. The van der Waals surface area contributed by atoms with Gasteiger partial charge in [0.25, 0.3) is 0 Å². The summed E-state index contributed by atoms with van der Waals surface area (Å²) in [5, 5.41) is 25.1. The number of likely N-dealkylation sites (N-methyl/N-ethyl adjacent to an activating group) is 2. The molecule has 8 amide bonds. The Bertz CT molecular complexity index is 2980. The molecule has 0 unspecified atom stereocenters. The summed E-state index contributed by atoms with van der Waals surface area (Å²) in [5.41, 5.74) is 6.91. The summed E-state index contributed by atoms with van der Waals surface area (Å²) in [7, 11) is 6.20. The number of amides is 8. The predicted molar refractivity (Wildman–Crippen MR) is 368 cm³/mol. The van der Waals surface area contributed by atoms with E-state index in [0.717, 1.165) is 0 Å². The second kappa shape index (κ2) is 40.6. The topological polar surface area (TPSA) is 336 Å². The number of unbranched alkanes of at least 4 members (excludes halogenated alkanes) is 2.